The highest BCUT2D eigenvalue weighted by Crippen LogP contribution is 2.17. The van der Waals surface area contributed by atoms with Gasteiger partial charge in [-0.15, -0.1) is 0 Å². The molecule has 0 aliphatic rings. The Labute approximate surface area is 118 Å². The van der Waals surface area contributed by atoms with Crippen LogP contribution in [0.2, 0.25) is 0 Å². The molecule has 1 heterocycles. The number of carbonyl (C=O) groups excluding carboxylic acids is 1. The number of nitrogens with two attached hydrogens (primary N) is 1. The SMILES string of the molecule is CCc1[nH]nc(C(=O)NCCOC(C)C)c1S(N)(=O)=O. The van der Waals surface area contributed by atoms with Crippen molar-refractivity contribution in [3.05, 3.63) is 11.4 Å². The van der Waals surface area contributed by atoms with Crippen LogP contribution in [0.15, 0.2) is 4.90 Å². The highest BCUT2D eigenvalue weighted by molar-refractivity contribution is 7.89. The third-order valence-electron chi connectivity index (χ3n) is 2.48. The van der Waals surface area contributed by atoms with Gasteiger partial charge in [0.1, 0.15) is 4.90 Å². The molecule has 0 spiro atoms. The molecule has 0 radical (unpaired) electrons. The van der Waals surface area contributed by atoms with E-state index in [-0.39, 0.29) is 23.2 Å². The number of ether oxygens (including phenoxy) is 1. The Balaban J connectivity index is 2.81. The average molecular weight is 304 g/mol. The van der Waals surface area contributed by atoms with Gasteiger partial charge in [-0.3, -0.25) is 9.89 Å². The van der Waals surface area contributed by atoms with E-state index in [0.717, 1.165) is 0 Å². The molecule has 0 saturated heterocycles. The number of sulfonamides is 1. The van der Waals surface area contributed by atoms with Crippen molar-refractivity contribution in [3.8, 4) is 0 Å². The van der Waals surface area contributed by atoms with Gasteiger partial charge in [-0.05, 0) is 20.3 Å². The number of rotatable bonds is 7. The van der Waals surface area contributed by atoms with Crippen LogP contribution in [0.1, 0.15) is 37.0 Å². The molecule has 1 amide bonds. The molecule has 0 atom stereocenters. The van der Waals surface area contributed by atoms with Crippen molar-refractivity contribution in [3.63, 3.8) is 0 Å². The minimum Gasteiger partial charge on any atom is -0.377 e. The topological polar surface area (TPSA) is 127 Å². The van der Waals surface area contributed by atoms with E-state index in [1.165, 1.54) is 0 Å². The Kier molecular flexibility index (Phi) is 5.66. The predicted molar refractivity (Wildman–Crippen MR) is 72.8 cm³/mol. The molecule has 0 fully saturated rings. The summed E-state index contributed by atoms with van der Waals surface area (Å²) < 4.78 is 28.3. The fourth-order valence-electron chi connectivity index (χ4n) is 1.61. The van der Waals surface area contributed by atoms with Gasteiger partial charge in [0, 0.05) is 6.54 Å². The van der Waals surface area contributed by atoms with Crippen molar-refractivity contribution in [2.24, 2.45) is 5.14 Å². The lowest BCUT2D eigenvalue weighted by atomic mass is 10.3. The van der Waals surface area contributed by atoms with Crippen LogP contribution >= 0.6 is 0 Å². The van der Waals surface area contributed by atoms with E-state index in [0.29, 0.717) is 18.7 Å². The zero-order valence-corrected chi connectivity index (χ0v) is 12.6. The van der Waals surface area contributed by atoms with Crippen molar-refractivity contribution in [2.75, 3.05) is 13.2 Å². The minimum absolute atomic E-state index is 0.0592. The monoisotopic (exact) mass is 304 g/mol. The first-order valence-electron chi connectivity index (χ1n) is 6.27. The van der Waals surface area contributed by atoms with Gasteiger partial charge in [0.05, 0.1) is 18.4 Å². The van der Waals surface area contributed by atoms with Crippen LogP contribution in [0.4, 0.5) is 0 Å². The third-order valence-corrected chi connectivity index (χ3v) is 3.49. The van der Waals surface area contributed by atoms with Crippen LogP contribution in [-0.4, -0.2) is 43.8 Å². The molecule has 9 heteroatoms. The summed E-state index contributed by atoms with van der Waals surface area (Å²) in [5.74, 6) is -0.600. The second-order valence-corrected chi connectivity index (χ2v) is 5.95. The lowest BCUT2D eigenvalue weighted by molar-refractivity contribution is 0.0743. The smallest absolute Gasteiger partial charge is 0.273 e. The van der Waals surface area contributed by atoms with Crippen molar-refractivity contribution in [1.29, 1.82) is 0 Å². The Morgan fingerprint density at radius 2 is 2.15 bits per heavy atom. The molecule has 0 bridgehead atoms. The largest absolute Gasteiger partial charge is 0.377 e. The van der Waals surface area contributed by atoms with E-state index < -0.39 is 15.9 Å². The molecule has 1 rings (SSSR count). The van der Waals surface area contributed by atoms with Crippen LogP contribution in [0, 0.1) is 0 Å². The summed E-state index contributed by atoms with van der Waals surface area (Å²) in [5, 5.41) is 13.9. The summed E-state index contributed by atoms with van der Waals surface area (Å²) in [7, 11) is -4.01. The summed E-state index contributed by atoms with van der Waals surface area (Å²) in [6.45, 7) is 6.08. The van der Waals surface area contributed by atoms with Crippen molar-refractivity contribution >= 4 is 15.9 Å². The van der Waals surface area contributed by atoms with Gasteiger partial charge in [0.2, 0.25) is 10.0 Å². The third kappa shape index (κ3) is 4.29. The van der Waals surface area contributed by atoms with Crippen LogP contribution in [0.25, 0.3) is 0 Å². The maximum atomic E-state index is 11.9. The van der Waals surface area contributed by atoms with Gasteiger partial charge in [-0.2, -0.15) is 5.10 Å². The first kappa shape index (κ1) is 16.6. The van der Waals surface area contributed by atoms with Crippen LogP contribution < -0.4 is 10.5 Å². The number of nitrogens with one attached hydrogen (secondary N) is 2. The summed E-state index contributed by atoms with van der Waals surface area (Å²) in [6.07, 6.45) is 0.437. The molecular formula is C11H20N4O4S. The van der Waals surface area contributed by atoms with E-state index in [1.807, 2.05) is 13.8 Å². The number of primary sulfonamides is 1. The second kappa shape index (κ2) is 6.82. The zero-order chi connectivity index (χ0) is 15.3. The van der Waals surface area contributed by atoms with Gasteiger partial charge in [-0.25, -0.2) is 13.6 Å². The highest BCUT2D eigenvalue weighted by atomic mass is 32.2. The number of carbonyl (C=O) groups is 1. The molecule has 0 aromatic carbocycles. The van der Waals surface area contributed by atoms with Crippen molar-refractivity contribution < 1.29 is 17.9 Å². The molecule has 0 aliphatic carbocycles. The van der Waals surface area contributed by atoms with Gasteiger partial charge >= 0.3 is 0 Å². The number of aryl methyl sites for hydroxylation is 1. The van der Waals surface area contributed by atoms with Gasteiger partial charge in [0.15, 0.2) is 5.69 Å². The first-order chi connectivity index (χ1) is 9.27. The quantitative estimate of drug-likeness (QED) is 0.600. The molecule has 0 aliphatic heterocycles. The van der Waals surface area contributed by atoms with Crippen molar-refractivity contribution in [1.82, 2.24) is 15.5 Å². The number of amides is 1. The molecule has 0 unspecified atom stereocenters. The maximum Gasteiger partial charge on any atom is 0.273 e. The van der Waals surface area contributed by atoms with E-state index >= 15 is 0 Å². The average Bonchev–Trinajstić information content (AvgIpc) is 2.77. The number of hydrogen-bond acceptors (Lipinski definition) is 5. The summed E-state index contributed by atoms with van der Waals surface area (Å²) in [4.78, 5) is 11.7. The summed E-state index contributed by atoms with van der Waals surface area (Å²) in [6, 6.07) is 0. The molecule has 0 saturated carbocycles. The molecule has 114 valence electrons. The Morgan fingerprint density at radius 1 is 1.50 bits per heavy atom. The van der Waals surface area contributed by atoms with Gasteiger partial charge < -0.3 is 10.1 Å². The molecule has 1 aromatic rings. The van der Waals surface area contributed by atoms with Crippen molar-refractivity contribution in [2.45, 2.75) is 38.2 Å². The van der Waals surface area contributed by atoms with E-state index in [2.05, 4.69) is 15.5 Å². The summed E-state index contributed by atoms with van der Waals surface area (Å²) >= 11 is 0. The van der Waals surface area contributed by atoms with Crippen LogP contribution in [-0.2, 0) is 21.2 Å². The molecule has 8 nitrogen and oxygen atoms in total. The van der Waals surface area contributed by atoms with Crippen LogP contribution in [0.3, 0.4) is 0 Å². The summed E-state index contributed by atoms with van der Waals surface area (Å²) in [5.41, 5.74) is 0.102. The predicted octanol–water partition coefficient (Wildman–Crippen LogP) is -0.226. The van der Waals surface area contributed by atoms with E-state index in [9.17, 15) is 13.2 Å². The number of aromatic nitrogens is 2. The fourth-order valence-corrected chi connectivity index (χ4v) is 2.55. The van der Waals surface area contributed by atoms with Crippen LogP contribution in [0.5, 0.6) is 0 Å². The van der Waals surface area contributed by atoms with Gasteiger partial charge in [0.25, 0.3) is 5.91 Å². The Morgan fingerprint density at radius 3 is 2.65 bits per heavy atom. The lowest BCUT2D eigenvalue weighted by Gasteiger charge is -2.08. The Bertz CT molecular complexity index is 565. The van der Waals surface area contributed by atoms with E-state index in [4.69, 9.17) is 9.88 Å². The number of nitrogens with zero attached hydrogens (tertiary/aromatic N) is 1. The standard InChI is InChI=1S/C11H20N4O4S/c1-4-8-10(20(12,17)18)9(15-14-8)11(16)13-5-6-19-7(2)3/h7H,4-6H2,1-3H3,(H,13,16)(H,14,15)(H2,12,17,18). The molecule has 1 aromatic heterocycles. The normalized spacial score (nSPS) is 11.8. The number of hydrogen-bond donors (Lipinski definition) is 3. The second-order valence-electron chi connectivity index (χ2n) is 4.45. The minimum atomic E-state index is -4.01. The molecular weight excluding hydrogens is 284 g/mol. The number of aromatic amines is 1. The lowest BCUT2D eigenvalue weighted by Crippen LogP contribution is -2.30. The van der Waals surface area contributed by atoms with E-state index in [1.54, 1.807) is 6.92 Å². The first-order valence-corrected chi connectivity index (χ1v) is 7.81. The maximum absolute atomic E-state index is 11.9. The fraction of sp³-hybridized carbons (Fsp3) is 0.636. The van der Waals surface area contributed by atoms with Gasteiger partial charge in [-0.1, -0.05) is 6.92 Å². The molecule has 4 N–H and O–H groups in total. The highest BCUT2D eigenvalue weighted by Gasteiger charge is 2.26. The Hall–Kier alpha value is -1.45. The number of H-pyrrole nitrogens is 1. The molecule has 20 heavy (non-hydrogen) atoms. The zero-order valence-electron chi connectivity index (χ0n) is 11.8.